The van der Waals surface area contributed by atoms with Gasteiger partial charge in [0, 0.05) is 31.5 Å². The average Bonchev–Trinajstić information content (AvgIpc) is 2.38. The first-order chi connectivity index (χ1) is 8.27. The molecule has 1 aromatic rings. The minimum Gasteiger partial charge on any atom is -0.481 e. The van der Waals surface area contributed by atoms with Gasteiger partial charge in [0.05, 0.1) is 19.6 Å². The summed E-state index contributed by atoms with van der Waals surface area (Å²) in [6.45, 7) is 2.89. The third-order valence-electron chi connectivity index (χ3n) is 2.95. The van der Waals surface area contributed by atoms with E-state index in [0.717, 1.165) is 18.7 Å². The summed E-state index contributed by atoms with van der Waals surface area (Å²) in [6, 6.07) is 3.67. The first kappa shape index (κ1) is 12.0. The van der Waals surface area contributed by atoms with E-state index < -0.39 is 5.97 Å². The van der Waals surface area contributed by atoms with Crippen LogP contribution in [0.5, 0.6) is 0 Å². The van der Waals surface area contributed by atoms with Crippen LogP contribution in [0.3, 0.4) is 0 Å². The number of nitrogens with zero attached hydrogens (tertiary/aromatic N) is 2. The molecule has 17 heavy (non-hydrogen) atoms. The zero-order valence-corrected chi connectivity index (χ0v) is 9.58. The zero-order chi connectivity index (χ0) is 12.1. The maximum atomic E-state index is 11.0. The Morgan fingerprint density at radius 3 is 2.65 bits per heavy atom. The minimum atomic E-state index is -0.779. The van der Waals surface area contributed by atoms with Crippen molar-refractivity contribution in [3.05, 3.63) is 30.1 Å². The molecule has 2 rings (SSSR count). The van der Waals surface area contributed by atoms with E-state index in [4.69, 9.17) is 9.84 Å². The second-order valence-corrected chi connectivity index (χ2v) is 4.04. The molecular formula is C12H16N2O3. The van der Waals surface area contributed by atoms with Crippen molar-refractivity contribution < 1.29 is 14.6 Å². The molecule has 0 amide bonds. The fourth-order valence-electron chi connectivity index (χ4n) is 2.10. The molecule has 1 aliphatic heterocycles. The van der Waals surface area contributed by atoms with Gasteiger partial charge in [0.25, 0.3) is 0 Å². The van der Waals surface area contributed by atoms with E-state index >= 15 is 0 Å². The van der Waals surface area contributed by atoms with E-state index in [-0.39, 0.29) is 12.5 Å². The summed E-state index contributed by atoms with van der Waals surface area (Å²) in [5.74, 6) is -0.779. The van der Waals surface area contributed by atoms with E-state index in [0.29, 0.717) is 13.2 Å². The summed E-state index contributed by atoms with van der Waals surface area (Å²) >= 11 is 0. The molecular weight excluding hydrogens is 220 g/mol. The van der Waals surface area contributed by atoms with Crippen LogP contribution >= 0.6 is 0 Å². The summed E-state index contributed by atoms with van der Waals surface area (Å²) in [6.07, 6.45) is 3.51. The third kappa shape index (κ3) is 3.25. The van der Waals surface area contributed by atoms with E-state index in [1.165, 1.54) is 0 Å². The Hall–Kier alpha value is -1.46. The van der Waals surface area contributed by atoms with Crippen molar-refractivity contribution in [2.75, 3.05) is 26.3 Å². The van der Waals surface area contributed by atoms with Gasteiger partial charge in [0.15, 0.2) is 0 Å². The Balaban J connectivity index is 2.15. The molecule has 1 aliphatic rings. The molecule has 0 radical (unpaired) electrons. The molecule has 0 aromatic carbocycles. The highest BCUT2D eigenvalue weighted by Crippen LogP contribution is 2.24. The van der Waals surface area contributed by atoms with Crippen molar-refractivity contribution in [1.82, 2.24) is 9.88 Å². The van der Waals surface area contributed by atoms with Crippen LogP contribution in [-0.2, 0) is 9.53 Å². The van der Waals surface area contributed by atoms with E-state index in [2.05, 4.69) is 9.88 Å². The van der Waals surface area contributed by atoms with Crippen molar-refractivity contribution in [1.29, 1.82) is 0 Å². The number of hydrogen-bond donors (Lipinski definition) is 1. The van der Waals surface area contributed by atoms with Crippen molar-refractivity contribution in [3.63, 3.8) is 0 Å². The van der Waals surface area contributed by atoms with Crippen molar-refractivity contribution >= 4 is 5.97 Å². The van der Waals surface area contributed by atoms with Gasteiger partial charge in [-0.3, -0.25) is 14.7 Å². The quantitative estimate of drug-likeness (QED) is 0.842. The van der Waals surface area contributed by atoms with Crippen LogP contribution < -0.4 is 0 Å². The van der Waals surface area contributed by atoms with Crippen LogP contribution in [0.1, 0.15) is 18.0 Å². The van der Waals surface area contributed by atoms with Crippen molar-refractivity contribution in [3.8, 4) is 0 Å². The highest BCUT2D eigenvalue weighted by atomic mass is 16.5. The van der Waals surface area contributed by atoms with Crippen LogP contribution in [0, 0.1) is 0 Å². The van der Waals surface area contributed by atoms with Gasteiger partial charge in [-0.15, -0.1) is 0 Å². The monoisotopic (exact) mass is 236 g/mol. The minimum absolute atomic E-state index is 0.0839. The second-order valence-electron chi connectivity index (χ2n) is 4.04. The molecule has 5 nitrogen and oxygen atoms in total. The Bertz CT molecular complexity index is 363. The number of aromatic nitrogens is 1. The highest BCUT2D eigenvalue weighted by Gasteiger charge is 2.24. The molecule has 1 fully saturated rings. The molecule has 1 saturated heterocycles. The molecule has 0 bridgehead atoms. The number of ether oxygens (including phenoxy) is 1. The first-order valence-electron chi connectivity index (χ1n) is 5.71. The molecule has 1 N–H and O–H groups in total. The lowest BCUT2D eigenvalue weighted by Gasteiger charge is -2.33. The number of carbonyl (C=O) groups is 1. The number of morpholine rings is 1. The maximum Gasteiger partial charge on any atom is 0.305 e. The summed E-state index contributed by atoms with van der Waals surface area (Å²) in [7, 11) is 0. The lowest BCUT2D eigenvalue weighted by molar-refractivity contribution is -0.139. The van der Waals surface area contributed by atoms with E-state index in [1.807, 2.05) is 12.1 Å². The molecule has 92 valence electrons. The Morgan fingerprint density at radius 1 is 1.41 bits per heavy atom. The SMILES string of the molecule is O=C(O)CC(c1ccncc1)N1CCOCC1. The molecule has 1 aromatic heterocycles. The van der Waals surface area contributed by atoms with Crippen LogP contribution in [-0.4, -0.2) is 47.3 Å². The van der Waals surface area contributed by atoms with E-state index in [1.54, 1.807) is 12.4 Å². The van der Waals surface area contributed by atoms with Crippen molar-refractivity contribution in [2.24, 2.45) is 0 Å². The standard InChI is InChI=1S/C12H16N2O3/c15-12(16)9-11(10-1-3-13-4-2-10)14-5-7-17-8-6-14/h1-4,11H,5-9H2,(H,15,16). The van der Waals surface area contributed by atoms with Gasteiger partial charge in [-0.25, -0.2) is 0 Å². The summed E-state index contributed by atoms with van der Waals surface area (Å²) in [5.41, 5.74) is 1.00. The fourth-order valence-corrected chi connectivity index (χ4v) is 2.10. The molecule has 0 spiro atoms. The van der Waals surface area contributed by atoms with Crippen LogP contribution in [0.2, 0.25) is 0 Å². The number of rotatable bonds is 4. The van der Waals surface area contributed by atoms with Crippen molar-refractivity contribution in [2.45, 2.75) is 12.5 Å². The number of hydrogen-bond acceptors (Lipinski definition) is 4. The van der Waals surface area contributed by atoms with Gasteiger partial charge in [0.1, 0.15) is 0 Å². The number of carboxylic acids is 1. The largest absolute Gasteiger partial charge is 0.481 e. The van der Waals surface area contributed by atoms with Crippen LogP contribution in [0.4, 0.5) is 0 Å². The van der Waals surface area contributed by atoms with Gasteiger partial charge < -0.3 is 9.84 Å². The molecule has 0 aliphatic carbocycles. The Labute approximate surface area is 100 Å². The number of pyridine rings is 1. The fraction of sp³-hybridized carbons (Fsp3) is 0.500. The molecule has 2 heterocycles. The second kappa shape index (κ2) is 5.75. The van der Waals surface area contributed by atoms with Crippen LogP contribution in [0.15, 0.2) is 24.5 Å². The van der Waals surface area contributed by atoms with Gasteiger partial charge in [-0.1, -0.05) is 0 Å². The first-order valence-corrected chi connectivity index (χ1v) is 5.71. The van der Waals surface area contributed by atoms with Gasteiger partial charge in [-0.05, 0) is 17.7 Å². The predicted molar refractivity (Wildman–Crippen MR) is 61.6 cm³/mol. The normalized spacial score (nSPS) is 18.8. The number of carboxylic acid groups (broad SMARTS) is 1. The summed E-state index contributed by atoms with van der Waals surface area (Å²) in [5, 5.41) is 9.00. The average molecular weight is 236 g/mol. The smallest absolute Gasteiger partial charge is 0.305 e. The molecule has 1 unspecified atom stereocenters. The Morgan fingerprint density at radius 2 is 2.06 bits per heavy atom. The van der Waals surface area contributed by atoms with Gasteiger partial charge in [0.2, 0.25) is 0 Å². The zero-order valence-electron chi connectivity index (χ0n) is 9.58. The lowest BCUT2D eigenvalue weighted by Crippen LogP contribution is -2.39. The van der Waals surface area contributed by atoms with E-state index in [9.17, 15) is 4.79 Å². The topological polar surface area (TPSA) is 62.7 Å². The third-order valence-corrected chi connectivity index (χ3v) is 2.95. The summed E-state index contributed by atoms with van der Waals surface area (Å²) < 4.78 is 5.29. The lowest BCUT2D eigenvalue weighted by atomic mass is 10.0. The summed E-state index contributed by atoms with van der Waals surface area (Å²) in [4.78, 5) is 17.1. The van der Waals surface area contributed by atoms with Gasteiger partial charge >= 0.3 is 5.97 Å². The number of aliphatic carboxylic acids is 1. The highest BCUT2D eigenvalue weighted by molar-refractivity contribution is 5.67. The predicted octanol–water partition coefficient (Wildman–Crippen LogP) is 0.930. The molecule has 0 saturated carbocycles. The molecule has 1 atom stereocenters. The maximum absolute atomic E-state index is 11.0. The van der Waals surface area contributed by atoms with Crippen LogP contribution in [0.25, 0.3) is 0 Å². The molecule has 5 heteroatoms. The van der Waals surface area contributed by atoms with Gasteiger partial charge in [-0.2, -0.15) is 0 Å². The Kier molecular flexibility index (Phi) is 4.06.